The molecule has 28 heavy (non-hydrogen) atoms. The number of nitrogens with one attached hydrogen (secondary N) is 1. The van der Waals surface area contributed by atoms with Crippen LogP contribution >= 0.6 is 15.9 Å². The summed E-state index contributed by atoms with van der Waals surface area (Å²) in [5.74, 6) is -1.65. The molecule has 0 unspecified atom stereocenters. The third-order valence-electron chi connectivity index (χ3n) is 4.04. The Bertz CT molecular complexity index is 959. The van der Waals surface area contributed by atoms with Gasteiger partial charge in [0.2, 0.25) is 5.91 Å². The maximum absolute atomic E-state index is 12.8. The number of imide groups is 2. The number of hydrogen-bond acceptors (Lipinski definition) is 6. The van der Waals surface area contributed by atoms with E-state index in [1.807, 2.05) is 0 Å². The third-order valence-corrected chi connectivity index (χ3v) is 4.53. The summed E-state index contributed by atoms with van der Waals surface area (Å²) in [4.78, 5) is 42.4. The fraction of sp³-hybridized carbons (Fsp3) is 0.158. The Morgan fingerprint density at radius 1 is 1.07 bits per heavy atom. The van der Waals surface area contributed by atoms with E-state index in [1.54, 1.807) is 42.5 Å². The van der Waals surface area contributed by atoms with Gasteiger partial charge in [0.05, 0.1) is 19.9 Å². The lowest BCUT2D eigenvalue weighted by molar-refractivity contribution is -0.131. The van der Waals surface area contributed by atoms with Crippen LogP contribution in [0, 0.1) is 5.92 Å². The van der Waals surface area contributed by atoms with Gasteiger partial charge >= 0.3 is 6.03 Å². The van der Waals surface area contributed by atoms with Crippen LogP contribution in [0.25, 0.3) is 0 Å². The second kappa shape index (κ2) is 8.22. The van der Waals surface area contributed by atoms with E-state index in [0.29, 0.717) is 22.9 Å². The van der Waals surface area contributed by atoms with Crippen molar-refractivity contribution in [2.24, 2.45) is 10.9 Å². The monoisotopic (exact) mass is 445 g/mol. The lowest BCUT2D eigenvalue weighted by atomic mass is 10.1. The average Bonchev–Trinajstić information content (AvgIpc) is 2.68. The maximum Gasteiger partial charge on any atom is 0.335 e. The van der Waals surface area contributed by atoms with Crippen LogP contribution in [-0.2, 0) is 9.59 Å². The van der Waals surface area contributed by atoms with Gasteiger partial charge in [-0.3, -0.25) is 19.9 Å². The molecular weight excluding hydrogens is 430 g/mol. The molecule has 0 aliphatic carbocycles. The average molecular weight is 446 g/mol. The number of carbonyl (C=O) groups excluding carboxylic acids is 3. The number of carbonyl (C=O) groups is 3. The molecule has 0 spiro atoms. The van der Waals surface area contributed by atoms with Gasteiger partial charge in [-0.15, -0.1) is 0 Å². The van der Waals surface area contributed by atoms with Crippen molar-refractivity contribution in [1.82, 2.24) is 5.32 Å². The van der Waals surface area contributed by atoms with E-state index in [2.05, 4.69) is 26.2 Å². The normalized spacial score (nSPS) is 17.0. The minimum absolute atomic E-state index is 0.314. The van der Waals surface area contributed by atoms with Gasteiger partial charge in [0.25, 0.3) is 5.91 Å². The fourth-order valence-corrected chi connectivity index (χ4v) is 2.97. The number of hydrogen-bond donors (Lipinski definition) is 1. The van der Waals surface area contributed by atoms with E-state index in [9.17, 15) is 14.4 Å². The Balaban J connectivity index is 1.90. The van der Waals surface area contributed by atoms with Crippen LogP contribution in [0.4, 0.5) is 16.2 Å². The Kier molecular flexibility index (Phi) is 5.74. The van der Waals surface area contributed by atoms with Crippen LogP contribution in [0.15, 0.2) is 51.9 Å². The number of anilines is 1. The zero-order valence-corrected chi connectivity index (χ0v) is 16.6. The number of amides is 4. The maximum atomic E-state index is 12.8. The first kappa shape index (κ1) is 19.6. The SMILES string of the molecule is COc1ccc(N2C(=O)NC(=O)[C@H](C=Nc3cc(Br)ccc3OC)C2=O)cc1. The first-order valence-electron chi connectivity index (χ1n) is 8.15. The molecule has 0 radical (unpaired) electrons. The van der Waals surface area contributed by atoms with Crippen molar-refractivity contribution in [1.29, 1.82) is 0 Å². The molecule has 144 valence electrons. The number of ether oxygens (including phenoxy) is 2. The standard InChI is InChI=1S/C19H16BrN3O5/c1-27-13-6-4-12(5-7-13)23-18(25)14(17(24)22-19(23)26)10-21-15-9-11(20)3-8-16(15)28-2/h3-10,14H,1-2H3,(H,22,24,26)/t14-/m0/s1. The van der Waals surface area contributed by atoms with Crippen molar-refractivity contribution in [3.8, 4) is 11.5 Å². The highest BCUT2D eigenvalue weighted by Gasteiger charge is 2.40. The zero-order chi connectivity index (χ0) is 20.3. The first-order chi connectivity index (χ1) is 13.4. The lowest BCUT2D eigenvalue weighted by Crippen LogP contribution is -2.58. The van der Waals surface area contributed by atoms with E-state index in [0.717, 1.165) is 9.37 Å². The van der Waals surface area contributed by atoms with Crippen LogP contribution in [0.5, 0.6) is 11.5 Å². The van der Waals surface area contributed by atoms with E-state index >= 15 is 0 Å². The molecular formula is C19H16BrN3O5. The van der Waals surface area contributed by atoms with Crippen molar-refractivity contribution in [3.05, 3.63) is 46.9 Å². The lowest BCUT2D eigenvalue weighted by Gasteiger charge is -2.28. The topological polar surface area (TPSA) is 97.3 Å². The Morgan fingerprint density at radius 3 is 2.43 bits per heavy atom. The van der Waals surface area contributed by atoms with Crippen LogP contribution in [0.2, 0.25) is 0 Å². The summed E-state index contributed by atoms with van der Waals surface area (Å²) in [5.41, 5.74) is 0.750. The molecule has 0 aromatic heterocycles. The number of nitrogens with zero attached hydrogens (tertiary/aromatic N) is 2. The highest BCUT2D eigenvalue weighted by Crippen LogP contribution is 2.31. The van der Waals surface area contributed by atoms with Crippen LogP contribution in [-0.4, -0.2) is 38.3 Å². The predicted molar refractivity (Wildman–Crippen MR) is 106 cm³/mol. The van der Waals surface area contributed by atoms with E-state index in [1.165, 1.54) is 20.4 Å². The van der Waals surface area contributed by atoms with E-state index in [4.69, 9.17) is 9.47 Å². The number of benzene rings is 2. The molecule has 1 aliphatic heterocycles. The van der Waals surface area contributed by atoms with Gasteiger partial charge in [-0.1, -0.05) is 15.9 Å². The van der Waals surface area contributed by atoms with E-state index in [-0.39, 0.29) is 0 Å². The molecule has 2 aromatic carbocycles. The van der Waals surface area contributed by atoms with Crippen molar-refractivity contribution in [2.75, 3.05) is 19.1 Å². The molecule has 0 bridgehead atoms. The number of methoxy groups -OCH3 is 2. The van der Waals surface area contributed by atoms with Crippen LogP contribution < -0.4 is 19.7 Å². The summed E-state index contributed by atoms with van der Waals surface area (Å²) < 4.78 is 11.1. The first-order valence-corrected chi connectivity index (χ1v) is 8.94. The smallest absolute Gasteiger partial charge is 0.335 e. The van der Waals surface area contributed by atoms with Crippen molar-refractivity contribution < 1.29 is 23.9 Å². The molecule has 2 aromatic rings. The van der Waals surface area contributed by atoms with Gasteiger partial charge in [-0.05, 0) is 42.5 Å². The molecule has 1 fully saturated rings. The molecule has 4 amide bonds. The predicted octanol–water partition coefficient (Wildman–Crippen LogP) is 3.07. The number of halogens is 1. The third kappa shape index (κ3) is 3.89. The van der Waals surface area contributed by atoms with E-state index < -0.39 is 23.8 Å². The Hall–Kier alpha value is -3.20. The van der Waals surface area contributed by atoms with Gasteiger partial charge in [-0.25, -0.2) is 9.69 Å². The number of rotatable bonds is 5. The number of barbiturate groups is 1. The highest BCUT2D eigenvalue weighted by molar-refractivity contribution is 9.10. The Labute approximate surface area is 169 Å². The van der Waals surface area contributed by atoms with Crippen molar-refractivity contribution >= 4 is 51.4 Å². The molecule has 9 heteroatoms. The second-order valence-electron chi connectivity index (χ2n) is 5.74. The zero-order valence-electron chi connectivity index (χ0n) is 15.0. The molecule has 1 saturated heterocycles. The molecule has 1 atom stereocenters. The minimum atomic E-state index is -1.26. The molecule has 1 heterocycles. The Morgan fingerprint density at radius 2 is 1.79 bits per heavy atom. The van der Waals surface area contributed by atoms with Gasteiger partial charge in [-0.2, -0.15) is 0 Å². The molecule has 0 saturated carbocycles. The fourth-order valence-electron chi connectivity index (χ4n) is 2.62. The second-order valence-corrected chi connectivity index (χ2v) is 6.65. The minimum Gasteiger partial charge on any atom is -0.497 e. The van der Waals surface area contributed by atoms with Gasteiger partial charge < -0.3 is 9.47 Å². The summed E-state index contributed by atoms with van der Waals surface area (Å²) in [6, 6.07) is 10.7. The van der Waals surface area contributed by atoms with Crippen molar-refractivity contribution in [3.63, 3.8) is 0 Å². The van der Waals surface area contributed by atoms with Gasteiger partial charge in [0.15, 0.2) is 5.92 Å². The quantitative estimate of drug-likeness (QED) is 0.563. The molecule has 1 aliphatic rings. The van der Waals surface area contributed by atoms with Crippen LogP contribution in [0.3, 0.4) is 0 Å². The molecule has 3 rings (SSSR count). The van der Waals surface area contributed by atoms with Gasteiger partial charge in [0.1, 0.15) is 17.2 Å². The van der Waals surface area contributed by atoms with Gasteiger partial charge in [0, 0.05) is 10.7 Å². The molecule has 8 nitrogen and oxygen atoms in total. The summed E-state index contributed by atoms with van der Waals surface area (Å²) in [5, 5.41) is 2.18. The largest absolute Gasteiger partial charge is 0.497 e. The number of urea groups is 1. The van der Waals surface area contributed by atoms with Crippen molar-refractivity contribution in [2.45, 2.75) is 0 Å². The number of aliphatic imine (C=N–C) groups is 1. The highest BCUT2D eigenvalue weighted by atomic mass is 79.9. The van der Waals surface area contributed by atoms with Crippen LogP contribution in [0.1, 0.15) is 0 Å². The summed E-state index contributed by atoms with van der Waals surface area (Å²) in [6.07, 6.45) is 1.20. The molecule has 1 N–H and O–H groups in total. The summed E-state index contributed by atoms with van der Waals surface area (Å²) >= 11 is 3.34. The summed E-state index contributed by atoms with van der Waals surface area (Å²) in [6.45, 7) is 0. The summed E-state index contributed by atoms with van der Waals surface area (Å²) in [7, 11) is 3.00.